The van der Waals surface area contributed by atoms with Gasteiger partial charge in [0.2, 0.25) is 0 Å². The van der Waals surface area contributed by atoms with Crippen molar-refractivity contribution in [1.82, 2.24) is 9.80 Å². The molecule has 1 fully saturated rings. The largest absolute Gasteiger partial charge is 0.507 e. The van der Waals surface area contributed by atoms with Gasteiger partial charge < -0.3 is 10.0 Å². The number of phenols is 1. The molecule has 3 rings (SSSR count). The van der Waals surface area contributed by atoms with E-state index in [-0.39, 0.29) is 23.5 Å². The summed E-state index contributed by atoms with van der Waals surface area (Å²) in [6.07, 6.45) is 0.865. The Kier molecular flexibility index (Phi) is 6.11. The number of hydrogen-bond acceptors (Lipinski definition) is 3. The van der Waals surface area contributed by atoms with Gasteiger partial charge in [-0.15, -0.1) is 0 Å². The minimum atomic E-state index is -0.227. The molecule has 2 aromatic carbocycles. The molecule has 0 aliphatic carbocycles. The maximum absolute atomic E-state index is 13.2. The molecule has 1 unspecified atom stereocenters. The van der Waals surface area contributed by atoms with Crippen LogP contribution in [0.5, 0.6) is 5.75 Å². The second-order valence-electron chi connectivity index (χ2n) is 7.53. The Labute approximate surface area is 160 Å². The predicted octanol–water partition coefficient (Wildman–Crippen LogP) is 3.90. The predicted molar refractivity (Wildman–Crippen MR) is 104 cm³/mol. The summed E-state index contributed by atoms with van der Waals surface area (Å²) < 4.78 is 13.2. The Balaban J connectivity index is 1.77. The lowest BCUT2D eigenvalue weighted by atomic mass is 10.0. The van der Waals surface area contributed by atoms with Crippen LogP contribution in [0, 0.1) is 11.7 Å². The van der Waals surface area contributed by atoms with Crippen LogP contribution in [-0.2, 0) is 6.54 Å². The van der Waals surface area contributed by atoms with Gasteiger partial charge in [-0.25, -0.2) is 4.39 Å². The highest BCUT2D eigenvalue weighted by Crippen LogP contribution is 2.23. The smallest absolute Gasteiger partial charge is 0.257 e. The maximum Gasteiger partial charge on any atom is 0.257 e. The summed E-state index contributed by atoms with van der Waals surface area (Å²) in [5.41, 5.74) is 1.43. The Bertz CT molecular complexity index is 776. The van der Waals surface area contributed by atoms with Crippen LogP contribution in [-0.4, -0.2) is 46.5 Å². The van der Waals surface area contributed by atoms with Gasteiger partial charge in [-0.05, 0) is 42.2 Å². The summed E-state index contributed by atoms with van der Waals surface area (Å²) in [4.78, 5) is 17.2. The summed E-state index contributed by atoms with van der Waals surface area (Å²) in [6.45, 7) is 7.22. The normalized spacial score (nSPS) is 18.5. The molecule has 27 heavy (non-hydrogen) atoms. The van der Waals surface area contributed by atoms with Crippen LogP contribution < -0.4 is 0 Å². The van der Waals surface area contributed by atoms with E-state index in [9.17, 15) is 14.3 Å². The second-order valence-corrected chi connectivity index (χ2v) is 7.53. The van der Waals surface area contributed by atoms with Crippen molar-refractivity contribution < 1.29 is 14.3 Å². The fraction of sp³-hybridized carbons (Fsp3) is 0.409. The minimum Gasteiger partial charge on any atom is -0.507 e. The molecule has 1 aliphatic heterocycles. The van der Waals surface area contributed by atoms with Crippen molar-refractivity contribution in [2.45, 2.75) is 32.9 Å². The lowest BCUT2D eigenvalue weighted by Crippen LogP contribution is -2.45. The van der Waals surface area contributed by atoms with Crippen molar-refractivity contribution in [3.05, 3.63) is 65.5 Å². The van der Waals surface area contributed by atoms with E-state index in [4.69, 9.17) is 0 Å². The summed E-state index contributed by atoms with van der Waals surface area (Å²) in [7, 11) is 0. The molecule has 144 valence electrons. The number of carbonyl (C=O) groups is 1. The zero-order valence-corrected chi connectivity index (χ0v) is 15.9. The fourth-order valence-corrected chi connectivity index (χ4v) is 3.73. The number of hydrogen-bond donors (Lipinski definition) is 1. The van der Waals surface area contributed by atoms with Gasteiger partial charge in [0, 0.05) is 32.2 Å². The van der Waals surface area contributed by atoms with E-state index >= 15 is 0 Å². The highest BCUT2D eigenvalue weighted by Gasteiger charge is 2.30. The summed E-state index contributed by atoms with van der Waals surface area (Å²) in [6, 6.07) is 13.5. The number of aromatic hydroxyl groups is 1. The average Bonchev–Trinajstić information content (AvgIpc) is 2.86. The second kappa shape index (κ2) is 8.53. The van der Waals surface area contributed by atoms with Gasteiger partial charge in [-0.2, -0.15) is 0 Å². The first-order valence-corrected chi connectivity index (χ1v) is 9.51. The number of phenolic OH excluding ortho intramolecular Hbond substituents is 1. The highest BCUT2D eigenvalue weighted by atomic mass is 19.1. The Hall–Kier alpha value is -2.40. The van der Waals surface area contributed by atoms with E-state index in [1.54, 1.807) is 24.3 Å². The molecule has 0 spiro atoms. The minimum absolute atomic E-state index is 0.0241. The molecule has 0 aromatic heterocycles. The zero-order chi connectivity index (χ0) is 19.4. The summed E-state index contributed by atoms with van der Waals surface area (Å²) >= 11 is 0. The van der Waals surface area contributed by atoms with Crippen molar-refractivity contribution in [3.8, 4) is 5.75 Å². The number of rotatable bonds is 4. The first-order chi connectivity index (χ1) is 13.0. The van der Waals surface area contributed by atoms with Gasteiger partial charge >= 0.3 is 0 Å². The molecule has 1 N–H and O–H groups in total. The lowest BCUT2D eigenvalue weighted by molar-refractivity contribution is 0.0699. The summed E-state index contributed by atoms with van der Waals surface area (Å²) in [5.74, 6) is 0.0380. The molecule has 4 nitrogen and oxygen atoms in total. The monoisotopic (exact) mass is 370 g/mol. The van der Waals surface area contributed by atoms with Crippen LogP contribution in [0.25, 0.3) is 0 Å². The van der Waals surface area contributed by atoms with Crippen LogP contribution in [0.4, 0.5) is 4.39 Å². The van der Waals surface area contributed by atoms with E-state index in [1.807, 2.05) is 17.0 Å². The van der Waals surface area contributed by atoms with E-state index < -0.39 is 0 Å². The number of carbonyl (C=O) groups excluding carboxylic acids is 1. The van der Waals surface area contributed by atoms with E-state index in [0.29, 0.717) is 24.6 Å². The van der Waals surface area contributed by atoms with Gasteiger partial charge in [-0.3, -0.25) is 9.69 Å². The first kappa shape index (κ1) is 19.4. The Morgan fingerprint density at radius 2 is 1.85 bits per heavy atom. The fourth-order valence-electron chi connectivity index (χ4n) is 3.73. The van der Waals surface area contributed by atoms with E-state index in [1.165, 1.54) is 12.1 Å². The van der Waals surface area contributed by atoms with Crippen molar-refractivity contribution in [1.29, 1.82) is 0 Å². The van der Waals surface area contributed by atoms with Gasteiger partial charge in [-0.1, -0.05) is 38.1 Å². The van der Waals surface area contributed by atoms with Crippen LogP contribution >= 0.6 is 0 Å². The number of nitrogens with zero attached hydrogens (tertiary/aromatic N) is 2. The number of para-hydroxylation sites is 1. The molecule has 0 saturated carbocycles. The van der Waals surface area contributed by atoms with Gasteiger partial charge in [0.15, 0.2) is 0 Å². The molecule has 5 heteroatoms. The maximum atomic E-state index is 13.2. The molecule has 1 amide bonds. The zero-order valence-electron chi connectivity index (χ0n) is 15.9. The summed E-state index contributed by atoms with van der Waals surface area (Å²) in [5, 5.41) is 10.0. The average molecular weight is 370 g/mol. The third-order valence-electron chi connectivity index (χ3n) is 5.24. The van der Waals surface area contributed by atoms with Crippen molar-refractivity contribution in [3.63, 3.8) is 0 Å². The highest BCUT2D eigenvalue weighted by molar-refractivity contribution is 5.96. The molecule has 0 radical (unpaired) electrons. The number of halogens is 1. The van der Waals surface area contributed by atoms with Crippen LogP contribution in [0.2, 0.25) is 0 Å². The molecule has 1 heterocycles. The van der Waals surface area contributed by atoms with Gasteiger partial charge in [0.05, 0.1) is 5.56 Å². The Morgan fingerprint density at radius 1 is 1.15 bits per heavy atom. The molecule has 1 saturated heterocycles. The van der Waals surface area contributed by atoms with E-state index in [0.717, 1.165) is 25.1 Å². The molecule has 1 aliphatic rings. The SMILES string of the molecule is CC(C)C1CN(C(=O)c2ccccc2O)CCCN1Cc1ccc(F)cc1. The molecule has 2 aromatic rings. The first-order valence-electron chi connectivity index (χ1n) is 9.51. The number of amides is 1. The third-order valence-corrected chi connectivity index (χ3v) is 5.24. The van der Waals surface area contributed by atoms with E-state index in [2.05, 4.69) is 18.7 Å². The van der Waals surface area contributed by atoms with Crippen molar-refractivity contribution in [2.24, 2.45) is 5.92 Å². The molecular weight excluding hydrogens is 343 g/mol. The molecular formula is C22H27FN2O2. The van der Waals surface area contributed by atoms with Crippen LogP contribution in [0.1, 0.15) is 36.2 Å². The standard InChI is InChI=1S/C22H27FN2O2/c1-16(2)20-15-25(22(27)19-6-3-4-7-21(19)26)13-5-12-24(20)14-17-8-10-18(23)11-9-17/h3-4,6-11,16,20,26H,5,12-15H2,1-2H3. The molecule has 0 bridgehead atoms. The van der Waals surface area contributed by atoms with Crippen LogP contribution in [0.3, 0.4) is 0 Å². The molecule has 1 atom stereocenters. The van der Waals surface area contributed by atoms with Crippen molar-refractivity contribution >= 4 is 5.91 Å². The lowest BCUT2D eigenvalue weighted by Gasteiger charge is -2.34. The topological polar surface area (TPSA) is 43.8 Å². The Morgan fingerprint density at radius 3 is 2.52 bits per heavy atom. The van der Waals surface area contributed by atoms with Gasteiger partial charge in [0.1, 0.15) is 11.6 Å². The quantitative estimate of drug-likeness (QED) is 0.888. The third kappa shape index (κ3) is 4.66. The van der Waals surface area contributed by atoms with Crippen LogP contribution in [0.15, 0.2) is 48.5 Å². The van der Waals surface area contributed by atoms with Gasteiger partial charge in [0.25, 0.3) is 5.91 Å². The number of benzene rings is 2. The van der Waals surface area contributed by atoms with Crippen molar-refractivity contribution in [2.75, 3.05) is 19.6 Å².